The molecule has 0 aliphatic carbocycles. The van der Waals surface area contributed by atoms with Gasteiger partial charge < -0.3 is 5.32 Å². The van der Waals surface area contributed by atoms with Gasteiger partial charge in [0, 0.05) is 5.54 Å². The van der Waals surface area contributed by atoms with Crippen molar-refractivity contribution in [3.05, 3.63) is 0 Å². The summed E-state index contributed by atoms with van der Waals surface area (Å²) in [5.74, 6) is 0. The first-order valence-electron chi connectivity index (χ1n) is 2.73. The molecule has 52 valence electrons. The van der Waals surface area contributed by atoms with Crippen molar-refractivity contribution in [2.24, 2.45) is 0 Å². The van der Waals surface area contributed by atoms with E-state index in [0.717, 1.165) is 0 Å². The van der Waals surface area contributed by atoms with E-state index in [0.29, 0.717) is 6.29 Å². The minimum Gasteiger partial charge on any atom is -0.369 e. The van der Waals surface area contributed by atoms with E-state index < -0.39 is 0 Å². The highest BCUT2D eigenvalue weighted by Gasteiger charge is 2.09. The van der Waals surface area contributed by atoms with Gasteiger partial charge in [-0.05, 0) is 20.8 Å². The smallest absolute Gasteiger partial charge is 0.177 e. The summed E-state index contributed by atoms with van der Waals surface area (Å²) < 4.78 is 0. The second-order valence-corrected chi connectivity index (χ2v) is 3.30. The van der Waals surface area contributed by atoms with Crippen LogP contribution in [-0.2, 0) is 4.79 Å². The first-order chi connectivity index (χ1) is 3.95. The molecule has 0 rings (SSSR count). The number of rotatable bonds is 1. The highest BCUT2D eigenvalue weighted by atomic mass is 32.1. The maximum atomic E-state index is 9.98. The SMILES string of the molecule is CC(C)(C)NC(=S)C=O. The molecule has 0 unspecified atom stereocenters. The van der Waals surface area contributed by atoms with E-state index >= 15 is 0 Å². The minimum atomic E-state index is -0.0992. The van der Waals surface area contributed by atoms with Gasteiger partial charge in [0.2, 0.25) is 0 Å². The van der Waals surface area contributed by atoms with Crippen LogP contribution in [0.1, 0.15) is 20.8 Å². The Hall–Kier alpha value is -0.440. The van der Waals surface area contributed by atoms with Gasteiger partial charge in [0.05, 0.1) is 0 Å². The molecule has 0 atom stereocenters. The maximum absolute atomic E-state index is 9.98. The zero-order valence-electron chi connectivity index (χ0n) is 5.89. The van der Waals surface area contributed by atoms with Crippen LogP contribution in [0.5, 0.6) is 0 Å². The summed E-state index contributed by atoms with van der Waals surface area (Å²) in [6.07, 6.45) is 0.639. The molecule has 0 heterocycles. The molecule has 0 aliphatic heterocycles. The number of nitrogens with one attached hydrogen (secondary N) is 1. The molecule has 0 aliphatic rings. The molecule has 0 aromatic carbocycles. The number of carbonyl (C=O) groups excluding carboxylic acids is 1. The van der Waals surface area contributed by atoms with Crippen LogP contribution in [0.2, 0.25) is 0 Å². The van der Waals surface area contributed by atoms with Crippen molar-refractivity contribution in [2.75, 3.05) is 0 Å². The Morgan fingerprint density at radius 1 is 1.56 bits per heavy atom. The molecule has 1 N–H and O–H groups in total. The van der Waals surface area contributed by atoms with E-state index in [4.69, 9.17) is 0 Å². The molecule has 0 amide bonds. The summed E-state index contributed by atoms with van der Waals surface area (Å²) in [5.41, 5.74) is -0.0992. The quantitative estimate of drug-likeness (QED) is 0.439. The number of carbonyl (C=O) groups is 1. The molecule has 2 nitrogen and oxygen atoms in total. The van der Waals surface area contributed by atoms with Crippen LogP contribution in [0.3, 0.4) is 0 Å². The van der Waals surface area contributed by atoms with Crippen molar-refractivity contribution >= 4 is 23.5 Å². The standard InChI is InChI=1S/C6H11NOS/c1-6(2,3)7-5(9)4-8/h4H,1-3H3,(H,7,9). The first kappa shape index (κ1) is 8.56. The second kappa shape index (κ2) is 2.92. The first-order valence-corrected chi connectivity index (χ1v) is 3.14. The Morgan fingerprint density at radius 2 is 2.00 bits per heavy atom. The van der Waals surface area contributed by atoms with Gasteiger partial charge in [-0.2, -0.15) is 0 Å². The molecule has 9 heavy (non-hydrogen) atoms. The normalized spacial score (nSPS) is 10.6. The van der Waals surface area contributed by atoms with Crippen LogP contribution in [0.15, 0.2) is 0 Å². The monoisotopic (exact) mass is 145 g/mol. The van der Waals surface area contributed by atoms with Crippen molar-refractivity contribution in [3.63, 3.8) is 0 Å². The zero-order chi connectivity index (χ0) is 7.49. The van der Waals surface area contributed by atoms with E-state index in [1.807, 2.05) is 20.8 Å². The van der Waals surface area contributed by atoms with Crippen LogP contribution in [0, 0.1) is 0 Å². The molecule has 0 aromatic heterocycles. The van der Waals surface area contributed by atoms with Crippen LogP contribution in [-0.4, -0.2) is 16.8 Å². The fourth-order valence-corrected chi connectivity index (χ4v) is 0.705. The van der Waals surface area contributed by atoms with Crippen molar-refractivity contribution in [2.45, 2.75) is 26.3 Å². The lowest BCUT2D eigenvalue weighted by Gasteiger charge is -2.19. The maximum Gasteiger partial charge on any atom is 0.177 e. The third-order valence-electron chi connectivity index (χ3n) is 0.605. The summed E-state index contributed by atoms with van der Waals surface area (Å²) in [6.45, 7) is 5.84. The summed E-state index contributed by atoms with van der Waals surface area (Å²) in [5, 5.41) is 2.83. The lowest BCUT2D eigenvalue weighted by Crippen LogP contribution is -2.40. The van der Waals surface area contributed by atoms with Gasteiger partial charge in [-0.15, -0.1) is 0 Å². The molecule has 0 saturated carbocycles. The molecular formula is C6H11NOS. The number of aldehydes is 1. The fourth-order valence-electron chi connectivity index (χ4n) is 0.399. The highest BCUT2D eigenvalue weighted by molar-refractivity contribution is 7.81. The summed E-state index contributed by atoms with van der Waals surface area (Å²) in [6, 6.07) is 0. The Morgan fingerprint density at radius 3 is 2.11 bits per heavy atom. The highest BCUT2D eigenvalue weighted by Crippen LogP contribution is 1.97. The number of thiocarbonyl (C=S) groups is 1. The van der Waals surface area contributed by atoms with Gasteiger partial charge in [0.25, 0.3) is 0 Å². The van der Waals surface area contributed by atoms with Crippen molar-refractivity contribution in [3.8, 4) is 0 Å². The molecule has 0 radical (unpaired) electrons. The molecule has 0 aromatic rings. The molecular weight excluding hydrogens is 134 g/mol. The van der Waals surface area contributed by atoms with E-state index in [2.05, 4.69) is 17.5 Å². The predicted molar refractivity (Wildman–Crippen MR) is 41.6 cm³/mol. The Bertz CT molecular complexity index is 126. The molecule has 0 fully saturated rings. The molecule has 0 bridgehead atoms. The van der Waals surface area contributed by atoms with E-state index in [1.165, 1.54) is 0 Å². The van der Waals surface area contributed by atoms with Crippen molar-refractivity contribution in [1.82, 2.24) is 5.32 Å². The topological polar surface area (TPSA) is 29.1 Å². The Kier molecular flexibility index (Phi) is 2.77. The molecule has 0 saturated heterocycles. The van der Waals surface area contributed by atoms with Crippen LogP contribution in [0.4, 0.5) is 0 Å². The average molecular weight is 145 g/mol. The van der Waals surface area contributed by atoms with Crippen LogP contribution >= 0.6 is 12.2 Å². The summed E-state index contributed by atoms with van der Waals surface area (Å²) >= 11 is 4.62. The van der Waals surface area contributed by atoms with Crippen molar-refractivity contribution < 1.29 is 4.79 Å². The Balaban J connectivity index is 3.74. The largest absolute Gasteiger partial charge is 0.369 e. The third-order valence-corrected chi connectivity index (χ3v) is 0.804. The average Bonchev–Trinajstić information content (AvgIpc) is 1.62. The second-order valence-electron chi connectivity index (χ2n) is 2.86. The van der Waals surface area contributed by atoms with E-state index in [1.54, 1.807) is 0 Å². The van der Waals surface area contributed by atoms with Crippen LogP contribution in [0.25, 0.3) is 0 Å². The minimum absolute atomic E-state index is 0.0992. The summed E-state index contributed by atoms with van der Waals surface area (Å²) in [7, 11) is 0. The van der Waals surface area contributed by atoms with Crippen molar-refractivity contribution in [1.29, 1.82) is 0 Å². The fraction of sp³-hybridized carbons (Fsp3) is 0.667. The van der Waals surface area contributed by atoms with Gasteiger partial charge in [0.15, 0.2) is 6.29 Å². The lowest BCUT2D eigenvalue weighted by molar-refractivity contribution is -0.102. The van der Waals surface area contributed by atoms with Crippen LogP contribution < -0.4 is 5.32 Å². The molecule has 3 heteroatoms. The van der Waals surface area contributed by atoms with Gasteiger partial charge in [0.1, 0.15) is 4.99 Å². The van der Waals surface area contributed by atoms with Gasteiger partial charge >= 0.3 is 0 Å². The zero-order valence-corrected chi connectivity index (χ0v) is 6.71. The summed E-state index contributed by atoms with van der Waals surface area (Å²) in [4.78, 5) is 10.2. The Labute approximate surface area is 60.6 Å². The lowest BCUT2D eigenvalue weighted by atomic mass is 10.1. The predicted octanol–water partition coefficient (Wildman–Crippen LogP) is 0.901. The van der Waals surface area contributed by atoms with Gasteiger partial charge in [-0.1, -0.05) is 12.2 Å². The van der Waals surface area contributed by atoms with Gasteiger partial charge in [-0.25, -0.2) is 0 Å². The third kappa shape index (κ3) is 5.43. The number of hydrogen-bond donors (Lipinski definition) is 1. The molecule has 0 spiro atoms. The van der Waals surface area contributed by atoms with Gasteiger partial charge in [-0.3, -0.25) is 4.79 Å². The number of hydrogen-bond acceptors (Lipinski definition) is 2. The van der Waals surface area contributed by atoms with E-state index in [9.17, 15) is 4.79 Å². The van der Waals surface area contributed by atoms with E-state index in [-0.39, 0.29) is 10.5 Å².